The summed E-state index contributed by atoms with van der Waals surface area (Å²) in [5, 5.41) is 11.1. The third kappa shape index (κ3) is 5.03. The van der Waals surface area contributed by atoms with Gasteiger partial charge in [-0.05, 0) is 43.3 Å². The Hall–Kier alpha value is -2.69. The maximum Gasteiger partial charge on any atom is 0.237 e. The van der Waals surface area contributed by atoms with Crippen LogP contribution in [-0.4, -0.2) is 52.2 Å². The lowest BCUT2D eigenvalue weighted by molar-refractivity contribution is -0.115. The third-order valence-corrected chi connectivity index (χ3v) is 6.15. The molecule has 11 heteroatoms. The van der Waals surface area contributed by atoms with Gasteiger partial charge in [0.25, 0.3) is 0 Å². The van der Waals surface area contributed by atoms with Crippen LogP contribution in [0.15, 0.2) is 47.6 Å². The number of hydrogen-bond donors (Lipinski definition) is 1. The minimum Gasteiger partial charge on any atom is -0.378 e. The fraction of sp³-hybridized carbons (Fsp3) is 0.286. The van der Waals surface area contributed by atoms with E-state index in [2.05, 4.69) is 15.5 Å². The van der Waals surface area contributed by atoms with Crippen LogP contribution < -0.4 is 10.2 Å². The molecule has 2 heterocycles. The van der Waals surface area contributed by atoms with Crippen molar-refractivity contribution in [3.05, 3.63) is 59.1 Å². The number of halogens is 3. The monoisotopic (exact) mass is 479 g/mol. The number of amides is 1. The molecular weight excluding hydrogens is 460 g/mol. The highest BCUT2D eigenvalue weighted by Gasteiger charge is 2.25. The lowest BCUT2D eigenvalue weighted by Gasteiger charge is -2.28. The molecule has 0 saturated carbocycles. The highest BCUT2D eigenvalue weighted by atomic mass is 35.5. The van der Waals surface area contributed by atoms with Crippen LogP contribution in [0.2, 0.25) is 5.02 Å². The molecule has 1 aromatic heterocycles. The molecule has 0 radical (unpaired) electrons. The van der Waals surface area contributed by atoms with Crippen LogP contribution in [0.4, 0.5) is 20.4 Å². The largest absolute Gasteiger partial charge is 0.378 e. The molecule has 2 aromatic carbocycles. The predicted octanol–water partition coefficient (Wildman–Crippen LogP) is 4.15. The first-order valence-corrected chi connectivity index (χ1v) is 11.1. The summed E-state index contributed by atoms with van der Waals surface area (Å²) in [4.78, 5) is 14.7. The van der Waals surface area contributed by atoms with Crippen LogP contribution in [0.5, 0.6) is 0 Å². The van der Waals surface area contributed by atoms with Crippen molar-refractivity contribution in [3.63, 3.8) is 0 Å². The standard InChI is InChI=1S/C21H20ClF2N5O2S/c1-13(19(30)25-15-5-6-18(24)17(22)12-15)32-21-27-26-20(28-7-9-31-10-8-28)29(21)16-4-2-3-14(23)11-16/h2-6,11-13H,7-10H2,1H3,(H,25,30). The summed E-state index contributed by atoms with van der Waals surface area (Å²) in [5.74, 6) is -0.719. The molecule has 0 aliphatic carbocycles. The molecule has 0 bridgehead atoms. The second kappa shape index (κ2) is 9.85. The van der Waals surface area contributed by atoms with Gasteiger partial charge in [0.15, 0.2) is 5.16 Å². The molecule has 3 aromatic rings. The Labute approximate surface area is 192 Å². The zero-order valence-electron chi connectivity index (χ0n) is 17.1. The number of nitrogens with zero attached hydrogens (tertiary/aromatic N) is 4. The molecule has 1 unspecified atom stereocenters. The summed E-state index contributed by atoms with van der Waals surface area (Å²) >= 11 is 6.97. The van der Waals surface area contributed by atoms with Gasteiger partial charge in [-0.15, -0.1) is 10.2 Å². The fourth-order valence-corrected chi connectivity index (χ4v) is 4.22. The van der Waals surface area contributed by atoms with Crippen molar-refractivity contribution in [2.45, 2.75) is 17.3 Å². The zero-order chi connectivity index (χ0) is 22.7. The second-order valence-electron chi connectivity index (χ2n) is 7.08. The van der Waals surface area contributed by atoms with Crippen LogP contribution in [0.1, 0.15) is 6.92 Å². The molecule has 1 aliphatic heterocycles. The van der Waals surface area contributed by atoms with Crippen molar-refractivity contribution in [2.75, 3.05) is 36.5 Å². The Morgan fingerprint density at radius 2 is 1.97 bits per heavy atom. The Balaban J connectivity index is 1.58. The summed E-state index contributed by atoms with van der Waals surface area (Å²) in [6.07, 6.45) is 0. The van der Waals surface area contributed by atoms with E-state index in [-0.39, 0.29) is 16.7 Å². The van der Waals surface area contributed by atoms with Gasteiger partial charge < -0.3 is 15.0 Å². The van der Waals surface area contributed by atoms with Gasteiger partial charge in [-0.3, -0.25) is 9.36 Å². The lowest BCUT2D eigenvalue weighted by atomic mass is 10.3. The fourth-order valence-electron chi connectivity index (χ4n) is 3.18. The summed E-state index contributed by atoms with van der Waals surface area (Å²) in [7, 11) is 0. The van der Waals surface area contributed by atoms with E-state index < -0.39 is 11.1 Å². The van der Waals surface area contributed by atoms with Gasteiger partial charge in [-0.1, -0.05) is 29.4 Å². The van der Waals surface area contributed by atoms with Gasteiger partial charge in [0.05, 0.1) is 29.2 Å². The molecule has 0 spiro atoms. The molecule has 32 heavy (non-hydrogen) atoms. The van der Waals surface area contributed by atoms with Gasteiger partial charge in [-0.2, -0.15) is 0 Å². The molecule has 168 valence electrons. The average Bonchev–Trinajstić information content (AvgIpc) is 3.20. The number of benzene rings is 2. The highest BCUT2D eigenvalue weighted by molar-refractivity contribution is 8.00. The molecule has 1 fully saturated rings. The highest BCUT2D eigenvalue weighted by Crippen LogP contribution is 2.30. The number of rotatable bonds is 6. The van der Waals surface area contributed by atoms with E-state index in [1.807, 2.05) is 4.90 Å². The van der Waals surface area contributed by atoms with Crippen LogP contribution in [0.25, 0.3) is 5.69 Å². The summed E-state index contributed by atoms with van der Waals surface area (Å²) in [5.41, 5.74) is 0.936. The van der Waals surface area contributed by atoms with Crippen molar-refractivity contribution in [1.29, 1.82) is 0 Å². The Morgan fingerprint density at radius 3 is 2.69 bits per heavy atom. The number of nitrogens with one attached hydrogen (secondary N) is 1. The minimum atomic E-state index is -0.576. The molecule has 7 nitrogen and oxygen atoms in total. The van der Waals surface area contributed by atoms with Crippen LogP contribution in [0.3, 0.4) is 0 Å². The van der Waals surface area contributed by atoms with Crippen LogP contribution in [-0.2, 0) is 9.53 Å². The van der Waals surface area contributed by atoms with Gasteiger partial charge in [0, 0.05) is 18.8 Å². The van der Waals surface area contributed by atoms with Gasteiger partial charge >= 0.3 is 0 Å². The first-order chi connectivity index (χ1) is 15.4. The number of hydrogen-bond acceptors (Lipinski definition) is 6. The zero-order valence-corrected chi connectivity index (χ0v) is 18.7. The van der Waals surface area contributed by atoms with E-state index in [9.17, 15) is 13.6 Å². The molecule has 1 amide bonds. The Bertz CT molecular complexity index is 1120. The number of thioether (sulfide) groups is 1. The summed E-state index contributed by atoms with van der Waals surface area (Å²) in [6, 6.07) is 10.1. The van der Waals surface area contributed by atoms with Crippen LogP contribution in [0, 0.1) is 11.6 Å². The van der Waals surface area contributed by atoms with E-state index in [4.69, 9.17) is 16.3 Å². The van der Waals surface area contributed by atoms with E-state index >= 15 is 0 Å². The predicted molar refractivity (Wildman–Crippen MR) is 120 cm³/mol. The topological polar surface area (TPSA) is 72.3 Å². The van der Waals surface area contributed by atoms with Crippen molar-refractivity contribution >= 4 is 40.9 Å². The number of aromatic nitrogens is 3. The number of morpholine rings is 1. The average molecular weight is 480 g/mol. The van der Waals surface area contributed by atoms with Crippen molar-refractivity contribution < 1.29 is 18.3 Å². The van der Waals surface area contributed by atoms with Gasteiger partial charge in [-0.25, -0.2) is 8.78 Å². The van der Waals surface area contributed by atoms with Gasteiger partial charge in [0.1, 0.15) is 11.6 Å². The number of carbonyl (C=O) groups is 1. The lowest BCUT2D eigenvalue weighted by Crippen LogP contribution is -2.38. The summed E-state index contributed by atoms with van der Waals surface area (Å²) in [6.45, 7) is 4.07. The third-order valence-electron chi connectivity index (χ3n) is 4.82. The van der Waals surface area contributed by atoms with Crippen molar-refractivity contribution in [1.82, 2.24) is 14.8 Å². The Kier molecular flexibility index (Phi) is 6.92. The summed E-state index contributed by atoms with van der Waals surface area (Å²) < 4.78 is 34.5. The first-order valence-electron chi connectivity index (χ1n) is 9.89. The maximum atomic E-state index is 14.0. The van der Waals surface area contributed by atoms with E-state index in [0.717, 1.165) is 0 Å². The number of carbonyl (C=O) groups excluding carboxylic acids is 1. The number of ether oxygens (including phenoxy) is 1. The molecule has 1 atom stereocenters. The molecule has 4 rings (SSSR count). The second-order valence-corrected chi connectivity index (χ2v) is 8.79. The SMILES string of the molecule is CC(Sc1nnc(N2CCOCC2)n1-c1cccc(F)c1)C(=O)Nc1ccc(F)c(Cl)c1. The first kappa shape index (κ1) is 22.5. The van der Waals surface area contributed by atoms with Crippen molar-refractivity contribution in [2.24, 2.45) is 0 Å². The van der Waals surface area contributed by atoms with E-state index in [1.54, 1.807) is 23.6 Å². The van der Waals surface area contributed by atoms with Gasteiger partial charge in [0.2, 0.25) is 11.9 Å². The van der Waals surface area contributed by atoms with Crippen molar-refractivity contribution in [3.8, 4) is 5.69 Å². The normalized spacial score (nSPS) is 14.9. The maximum absolute atomic E-state index is 14.0. The minimum absolute atomic E-state index is 0.0795. The molecule has 1 N–H and O–H groups in total. The molecule has 1 saturated heterocycles. The number of anilines is 2. The van der Waals surface area contributed by atoms with E-state index in [0.29, 0.717) is 48.8 Å². The Morgan fingerprint density at radius 1 is 1.19 bits per heavy atom. The van der Waals surface area contributed by atoms with Crippen LogP contribution >= 0.6 is 23.4 Å². The van der Waals surface area contributed by atoms with E-state index in [1.165, 1.54) is 42.1 Å². The quantitative estimate of drug-likeness (QED) is 0.535. The molecule has 1 aliphatic rings. The smallest absolute Gasteiger partial charge is 0.237 e. The molecular formula is C21H20ClF2N5O2S.